The molecule has 5 heteroatoms. The lowest BCUT2D eigenvalue weighted by Crippen LogP contribution is -2.36. The Bertz CT molecular complexity index is 684. The Morgan fingerprint density at radius 1 is 1.14 bits per heavy atom. The molecule has 0 amide bonds. The van der Waals surface area contributed by atoms with Gasteiger partial charge in [0.05, 0.1) is 24.6 Å². The number of benzene rings is 2. The number of hydrogen-bond acceptors (Lipinski definition) is 3. The van der Waals surface area contributed by atoms with Crippen molar-refractivity contribution in [3.63, 3.8) is 0 Å². The van der Waals surface area contributed by atoms with Crippen molar-refractivity contribution in [2.45, 2.75) is 0 Å². The molecule has 1 aliphatic heterocycles. The zero-order chi connectivity index (χ0) is 15.4. The van der Waals surface area contributed by atoms with Crippen molar-refractivity contribution in [3.05, 3.63) is 58.3 Å². The number of nitrogens with zero attached hydrogens (tertiary/aromatic N) is 2. The number of anilines is 1. The van der Waals surface area contributed by atoms with Crippen LogP contribution in [0.3, 0.4) is 0 Å². The number of ether oxygens (including phenoxy) is 1. The molecule has 0 radical (unpaired) electrons. The monoisotopic (exact) mass is 362 g/mol. The van der Waals surface area contributed by atoms with Crippen molar-refractivity contribution in [1.82, 2.24) is 0 Å². The first-order chi connectivity index (χ1) is 10.7. The first-order valence-corrected chi connectivity index (χ1v) is 7.93. The van der Waals surface area contributed by atoms with Gasteiger partial charge in [0.1, 0.15) is 5.82 Å². The van der Waals surface area contributed by atoms with Crippen LogP contribution >= 0.6 is 15.9 Å². The second kappa shape index (κ2) is 7.03. The fraction of sp³-hybridized carbons (Fsp3) is 0.235. The highest BCUT2D eigenvalue weighted by Gasteiger charge is 2.14. The Labute approximate surface area is 137 Å². The molecule has 114 valence electrons. The molecule has 2 aromatic rings. The number of hydrogen-bond donors (Lipinski definition) is 0. The molecular weight excluding hydrogens is 347 g/mol. The van der Waals surface area contributed by atoms with Gasteiger partial charge >= 0.3 is 0 Å². The maximum atomic E-state index is 14.3. The Balaban J connectivity index is 1.76. The summed E-state index contributed by atoms with van der Waals surface area (Å²) < 4.78 is 20.5. The quantitative estimate of drug-likeness (QED) is 0.765. The van der Waals surface area contributed by atoms with Crippen LogP contribution in [0.15, 0.2) is 51.9 Å². The average molecular weight is 363 g/mol. The minimum absolute atomic E-state index is 0.222. The van der Waals surface area contributed by atoms with Crippen LogP contribution in [0, 0.1) is 5.82 Å². The van der Waals surface area contributed by atoms with Gasteiger partial charge in [0.25, 0.3) is 0 Å². The lowest BCUT2D eigenvalue weighted by atomic mass is 10.2. The van der Waals surface area contributed by atoms with E-state index in [1.807, 2.05) is 41.3 Å². The summed E-state index contributed by atoms with van der Waals surface area (Å²) in [5, 5.41) is 0. The van der Waals surface area contributed by atoms with E-state index in [9.17, 15) is 4.39 Å². The van der Waals surface area contributed by atoms with E-state index in [4.69, 9.17) is 4.74 Å². The average Bonchev–Trinajstić information content (AvgIpc) is 2.54. The molecule has 0 aliphatic carbocycles. The van der Waals surface area contributed by atoms with Gasteiger partial charge in [-0.3, -0.25) is 4.99 Å². The highest BCUT2D eigenvalue weighted by atomic mass is 79.9. The van der Waals surface area contributed by atoms with Crippen molar-refractivity contribution >= 4 is 33.5 Å². The van der Waals surface area contributed by atoms with Crippen LogP contribution in [0.25, 0.3) is 0 Å². The molecule has 0 bridgehead atoms. The second-order valence-corrected chi connectivity index (χ2v) is 5.96. The molecule has 1 fully saturated rings. The molecule has 1 heterocycles. The van der Waals surface area contributed by atoms with Gasteiger partial charge in [-0.25, -0.2) is 4.39 Å². The zero-order valence-corrected chi connectivity index (χ0v) is 13.6. The molecule has 0 aromatic heterocycles. The third-order valence-corrected chi connectivity index (χ3v) is 3.99. The van der Waals surface area contributed by atoms with Gasteiger partial charge < -0.3 is 9.64 Å². The standard InChI is InChI=1S/C17H16BrFN2O/c18-14-2-1-3-15(11-14)20-12-13-4-5-17(16(19)10-13)21-6-8-22-9-7-21/h1-5,10-12H,6-9H2. The van der Waals surface area contributed by atoms with Gasteiger partial charge in [-0.15, -0.1) is 0 Å². The number of rotatable bonds is 3. The molecule has 0 N–H and O–H groups in total. The molecular formula is C17H16BrFN2O. The maximum Gasteiger partial charge on any atom is 0.147 e. The Kier molecular flexibility index (Phi) is 4.85. The Morgan fingerprint density at radius 2 is 1.95 bits per heavy atom. The lowest BCUT2D eigenvalue weighted by Gasteiger charge is -2.29. The Hall–Kier alpha value is -1.72. The molecule has 2 aromatic carbocycles. The van der Waals surface area contributed by atoms with Crippen molar-refractivity contribution in [2.75, 3.05) is 31.2 Å². The fourth-order valence-electron chi connectivity index (χ4n) is 2.37. The summed E-state index contributed by atoms with van der Waals surface area (Å²) in [7, 11) is 0. The highest BCUT2D eigenvalue weighted by Crippen LogP contribution is 2.22. The molecule has 0 unspecified atom stereocenters. The van der Waals surface area contributed by atoms with Gasteiger partial charge in [-0.2, -0.15) is 0 Å². The van der Waals surface area contributed by atoms with Crippen molar-refractivity contribution in [1.29, 1.82) is 0 Å². The normalized spacial score (nSPS) is 15.5. The predicted molar refractivity (Wildman–Crippen MR) is 90.8 cm³/mol. The molecule has 22 heavy (non-hydrogen) atoms. The molecule has 1 saturated heterocycles. The minimum atomic E-state index is -0.222. The van der Waals surface area contributed by atoms with Crippen LogP contribution in [0.4, 0.5) is 15.8 Å². The van der Waals surface area contributed by atoms with Crippen LogP contribution < -0.4 is 4.90 Å². The summed E-state index contributed by atoms with van der Waals surface area (Å²) in [5.41, 5.74) is 2.20. The van der Waals surface area contributed by atoms with E-state index in [0.717, 1.165) is 28.8 Å². The third-order valence-electron chi connectivity index (χ3n) is 3.49. The molecule has 0 spiro atoms. The molecule has 0 atom stereocenters. The van der Waals surface area contributed by atoms with E-state index in [0.29, 0.717) is 18.9 Å². The maximum absolute atomic E-state index is 14.3. The molecule has 1 aliphatic rings. The minimum Gasteiger partial charge on any atom is -0.378 e. The smallest absolute Gasteiger partial charge is 0.147 e. The summed E-state index contributed by atoms with van der Waals surface area (Å²) in [5.74, 6) is -0.222. The molecule has 3 nitrogen and oxygen atoms in total. The van der Waals surface area contributed by atoms with Crippen molar-refractivity contribution in [3.8, 4) is 0 Å². The van der Waals surface area contributed by atoms with E-state index in [1.165, 1.54) is 6.07 Å². The van der Waals surface area contributed by atoms with Gasteiger partial charge in [-0.05, 0) is 35.9 Å². The number of morpholine rings is 1. The first kappa shape index (κ1) is 15.2. The topological polar surface area (TPSA) is 24.8 Å². The zero-order valence-electron chi connectivity index (χ0n) is 12.0. The van der Waals surface area contributed by atoms with Gasteiger partial charge in [0.2, 0.25) is 0 Å². The lowest BCUT2D eigenvalue weighted by molar-refractivity contribution is 0.122. The van der Waals surface area contributed by atoms with E-state index in [-0.39, 0.29) is 5.82 Å². The second-order valence-electron chi connectivity index (χ2n) is 5.05. The molecule has 3 rings (SSSR count). The van der Waals surface area contributed by atoms with Gasteiger partial charge in [0, 0.05) is 23.8 Å². The summed E-state index contributed by atoms with van der Waals surface area (Å²) in [6.45, 7) is 2.74. The van der Waals surface area contributed by atoms with E-state index in [1.54, 1.807) is 6.21 Å². The van der Waals surface area contributed by atoms with Crippen LogP contribution in [0.5, 0.6) is 0 Å². The largest absolute Gasteiger partial charge is 0.378 e. The number of halogens is 2. The van der Waals surface area contributed by atoms with Crippen LogP contribution in [-0.2, 0) is 4.74 Å². The van der Waals surface area contributed by atoms with E-state index < -0.39 is 0 Å². The van der Waals surface area contributed by atoms with Crippen molar-refractivity contribution in [2.24, 2.45) is 4.99 Å². The fourth-order valence-corrected chi connectivity index (χ4v) is 2.76. The molecule has 0 saturated carbocycles. The van der Waals surface area contributed by atoms with Crippen LogP contribution in [0.2, 0.25) is 0 Å². The Morgan fingerprint density at radius 3 is 2.68 bits per heavy atom. The van der Waals surface area contributed by atoms with E-state index in [2.05, 4.69) is 20.9 Å². The van der Waals surface area contributed by atoms with Gasteiger partial charge in [0.15, 0.2) is 0 Å². The third kappa shape index (κ3) is 3.72. The number of aliphatic imine (C=N–C) groups is 1. The van der Waals surface area contributed by atoms with Gasteiger partial charge in [-0.1, -0.05) is 28.1 Å². The van der Waals surface area contributed by atoms with Crippen molar-refractivity contribution < 1.29 is 9.13 Å². The van der Waals surface area contributed by atoms with Crippen LogP contribution in [0.1, 0.15) is 5.56 Å². The first-order valence-electron chi connectivity index (χ1n) is 7.14. The van der Waals surface area contributed by atoms with Crippen LogP contribution in [-0.4, -0.2) is 32.5 Å². The summed E-state index contributed by atoms with van der Waals surface area (Å²) >= 11 is 3.40. The summed E-state index contributed by atoms with van der Waals surface area (Å²) in [4.78, 5) is 6.37. The summed E-state index contributed by atoms with van der Waals surface area (Å²) in [6.07, 6.45) is 1.67. The summed E-state index contributed by atoms with van der Waals surface area (Å²) in [6, 6.07) is 12.9. The predicted octanol–water partition coefficient (Wildman–Crippen LogP) is 4.18. The SMILES string of the molecule is Fc1cc(C=Nc2cccc(Br)c2)ccc1N1CCOCC1. The van der Waals surface area contributed by atoms with E-state index >= 15 is 0 Å². The highest BCUT2D eigenvalue weighted by molar-refractivity contribution is 9.10.